The number of likely N-dealkylation sites (N-methyl/N-ethyl adjacent to an activating group) is 1. The summed E-state index contributed by atoms with van der Waals surface area (Å²) in [5.41, 5.74) is 4.76. The minimum absolute atomic E-state index is 0.0811. The maximum atomic E-state index is 14.4. The predicted molar refractivity (Wildman–Crippen MR) is 119 cm³/mol. The van der Waals surface area contributed by atoms with E-state index in [1.165, 1.54) is 19.2 Å². The number of alkyl halides is 2. The molecule has 0 unspecified atom stereocenters. The molecule has 162 valence electrons. The van der Waals surface area contributed by atoms with Gasteiger partial charge in [-0.3, -0.25) is 14.6 Å². The van der Waals surface area contributed by atoms with Crippen LogP contribution in [0.3, 0.4) is 0 Å². The van der Waals surface area contributed by atoms with Gasteiger partial charge in [0.1, 0.15) is 0 Å². The van der Waals surface area contributed by atoms with Crippen molar-refractivity contribution in [2.24, 2.45) is 0 Å². The number of hydrogen-bond donors (Lipinski definition) is 0. The van der Waals surface area contributed by atoms with E-state index in [0.29, 0.717) is 17.5 Å². The Morgan fingerprint density at radius 1 is 0.906 bits per heavy atom. The van der Waals surface area contributed by atoms with Gasteiger partial charge in [0, 0.05) is 42.3 Å². The second-order valence-corrected chi connectivity index (χ2v) is 8.51. The Balaban J connectivity index is 1.53. The normalized spacial score (nSPS) is 16.7. The van der Waals surface area contributed by atoms with Gasteiger partial charge in [0.15, 0.2) is 0 Å². The summed E-state index contributed by atoms with van der Waals surface area (Å²) in [4.78, 5) is 31.4. The van der Waals surface area contributed by atoms with E-state index in [1.54, 1.807) is 23.4 Å². The second kappa shape index (κ2) is 6.95. The van der Waals surface area contributed by atoms with E-state index in [4.69, 9.17) is 0 Å². The molecule has 5 rings (SSSR count). The molecule has 0 aliphatic carbocycles. The molecule has 2 aromatic carbocycles. The Morgan fingerprint density at radius 3 is 2.19 bits per heavy atom. The molecule has 0 fully saturated rings. The molecule has 0 saturated carbocycles. The number of pyridine rings is 1. The third-order valence-electron chi connectivity index (χ3n) is 6.14. The summed E-state index contributed by atoms with van der Waals surface area (Å²) in [6, 6.07) is 12.5. The van der Waals surface area contributed by atoms with Crippen LogP contribution in [0.25, 0.3) is 22.3 Å². The van der Waals surface area contributed by atoms with Crippen LogP contribution in [0.4, 0.5) is 20.2 Å². The minimum Gasteiger partial charge on any atom is -0.309 e. The number of nitrogens with zero attached hydrogens (tertiary/aromatic N) is 3. The predicted octanol–water partition coefficient (Wildman–Crippen LogP) is 4.78. The lowest BCUT2D eigenvalue weighted by molar-refractivity contribution is -0.141. The van der Waals surface area contributed by atoms with Gasteiger partial charge >= 0.3 is 11.8 Å². The average molecular weight is 433 g/mol. The maximum absolute atomic E-state index is 14.4. The van der Waals surface area contributed by atoms with Crippen LogP contribution in [0.5, 0.6) is 0 Å². The Bertz CT molecular complexity index is 1290. The largest absolute Gasteiger partial charge is 0.352 e. The van der Waals surface area contributed by atoms with Gasteiger partial charge in [-0.15, -0.1) is 0 Å². The Morgan fingerprint density at radius 2 is 1.53 bits per heavy atom. The molecule has 0 bridgehead atoms. The van der Waals surface area contributed by atoms with E-state index in [-0.39, 0.29) is 23.2 Å². The third kappa shape index (κ3) is 2.92. The van der Waals surface area contributed by atoms with Crippen molar-refractivity contribution < 1.29 is 18.4 Å². The van der Waals surface area contributed by atoms with Crippen molar-refractivity contribution in [2.75, 3.05) is 16.8 Å². The first-order chi connectivity index (χ1) is 15.2. The molecule has 0 radical (unpaired) electrons. The number of hydrogen-bond acceptors (Lipinski definition) is 3. The lowest BCUT2D eigenvalue weighted by Crippen LogP contribution is -2.33. The number of fused-ring (bicyclic) bond motifs is 2. The lowest BCUT2D eigenvalue weighted by Gasteiger charge is -2.22. The standard InChI is InChI=1S/C25H21F2N3O2/c1-14(2)30-21-6-4-15(8-17(21)11-23(30)31)18-9-19(13-28-12-18)16-5-7-22-20(10-16)25(26,27)24(32)29(22)3/h4-10,12-14H,11H2,1-3H3. The zero-order valence-electron chi connectivity index (χ0n) is 17.9. The highest BCUT2D eigenvalue weighted by Gasteiger charge is 2.51. The smallest absolute Gasteiger partial charge is 0.309 e. The van der Waals surface area contributed by atoms with Crippen LogP contribution in [-0.2, 0) is 21.9 Å². The van der Waals surface area contributed by atoms with Gasteiger partial charge in [-0.2, -0.15) is 8.78 Å². The van der Waals surface area contributed by atoms with Crippen LogP contribution in [-0.4, -0.2) is 29.9 Å². The topological polar surface area (TPSA) is 53.5 Å². The van der Waals surface area contributed by atoms with Crippen LogP contribution in [0.15, 0.2) is 54.9 Å². The molecule has 2 aliphatic heterocycles. The number of anilines is 2. The zero-order valence-corrected chi connectivity index (χ0v) is 17.9. The van der Waals surface area contributed by atoms with Gasteiger partial charge in [-0.25, -0.2) is 0 Å². The van der Waals surface area contributed by atoms with E-state index in [9.17, 15) is 18.4 Å². The van der Waals surface area contributed by atoms with Crippen molar-refractivity contribution in [3.8, 4) is 22.3 Å². The van der Waals surface area contributed by atoms with E-state index in [2.05, 4.69) is 4.98 Å². The molecule has 0 atom stereocenters. The number of rotatable bonds is 3. The lowest BCUT2D eigenvalue weighted by atomic mass is 9.98. The van der Waals surface area contributed by atoms with Gasteiger partial charge in [-0.1, -0.05) is 12.1 Å². The van der Waals surface area contributed by atoms with Crippen molar-refractivity contribution in [2.45, 2.75) is 32.2 Å². The van der Waals surface area contributed by atoms with Gasteiger partial charge in [0.05, 0.1) is 17.7 Å². The highest BCUT2D eigenvalue weighted by atomic mass is 19.3. The van der Waals surface area contributed by atoms with Crippen molar-refractivity contribution in [1.82, 2.24) is 4.98 Å². The van der Waals surface area contributed by atoms with Crippen LogP contribution in [0, 0.1) is 0 Å². The summed E-state index contributed by atoms with van der Waals surface area (Å²) < 4.78 is 28.9. The molecule has 3 heterocycles. The molecule has 0 N–H and O–H groups in total. The Labute approximate surface area is 184 Å². The van der Waals surface area contributed by atoms with Gasteiger partial charge in [0.25, 0.3) is 0 Å². The van der Waals surface area contributed by atoms with Gasteiger partial charge in [0.2, 0.25) is 5.91 Å². The van der Waals surface area contributed by atoms with Gasteiger partial charge in [-0.05, 0) is 60.9 Å². The molecule has 32 heavy (non-hydrogen) atoms. The number of aromatic nitrogens is 1. The van der Waals surface area contributed by atoms with E-state index >= 15 is 0 Å². The van der Waals surface area contributed by atoms with E-state index in [0.717, 1.165) is 27.3 Å². The Hall–Kier alpha value is -3.61. The van der Waals surface area contributed by atoms with Crippen LogP contribution in [0.2, 0.25) is 0 Å². The molecule has 0 spiro atoms. The fourth-order valence-electron chi connectivity index (χ4n) is 4.54. The highest BCUT2D eigenvalue weighted by Crippen LogP contribution is 2.45. The average Bonchev–Trinajstić information content (AvgIpc) is 3.20. The molecule has 3 aromatic rings. The summed E-state index contributed by atoms with van der Waals surface area (Å²) in [6.45, 7) is 3.97. The second-order valence-electron chi connectivity index (χ2n) is 8.51. The summed E-state index contributed by atoms with van der Waals surface area (Å²) in [6.07, 6.45) is 3.68. The quantitative estimate of drug-likeness (QED) is 0.597. The third-order valence-corrected chi connectivity index (χ3v) is 6.14. The first-order valence-corrected chi connectivity index (χ1v) is 10.4. The number of benzene rings is 2. The number of carbonyl (C=O) groups excluding carboxylic acids is 2. The van der Waals surface area contributed by atoms with Crippen LogP contribution >= 0.6 is 0 Å². The number of carbonyl (C=O) groups is 2. The monoisotopic (exact) mass is 433 g/mol. The molecule has 7 heteroatoms. The van der Waals surface area contributed by atoms with Crippen molar-refractivity contribution in [3.05, 3.63) is 66.0 Å². The maximum Gasteiger partial charge on any atom is 0.352 e. The molecule has 2 amide bonds. The number of halogens is 2. The molecule has 1 aromatic heterocycles. The summed E-state index contributed by atoms with van der Waals surface area (Å²) in [5, 5.41) is 0. The van der Waals surface area contributed by atoms with Crippen molar-refractivity contribution in [3.63, 3.8) is 0 Å². The molecule has 2 aliphatic rings. The number of amides is 2. The van der Waals surface area contributed by atoms with E-state index in [1.807, 2.05) is 38.1 Å². The first kappa shape index (κ1) is 20.3. The highest BCUT2D eigenvalue weighted by molar-refractivity contribution is 6.06. The molecule has 0 saturated heterocycles. The minimum atomic E-state index is -3.54. The van der Waals surface area contributed by atoms with Crippen LogP contribution < -0.4 is 9.80 Å². The summed E-state index contributed by atoms with van der Waals surface area (Å²) in [7, 11) is 1.35. The first-order valence-electron chi connectivity index (χ1n) is 10.4. The zero-order chi connectivity index (χ0) is 22.8. The van der Waals surface area contributed by atoms with Crippen molar-refractivity contribution in [1.29, 1.82) is 0 Å². The fraction of sp³-hybridized carbons (Fsp3) is 0.240. The SMILES string of the molecule is CC(C)N1C(=O)Cc2cc(-c3cncc(-c4ccc5c(c4)C(F)(F)C(=O)N5C)c3)ccc21. The summed E-state index contributed by atoms with van der Waals surface area (Å²) in [5.74, 6) is -4.68. The van der Waals surface area contributed by atoms with Crippen LogP contribution in [0.1, 0.15) is 25.0 Å². The summed E-state index contributed by atoms with van der Waals surface area (Å²) >= 11 is 0. The molecular weight excluding hydrogens is 412 g/mol. The molecule has 5 nitrogen and oxygen atoms in total. The van der Waals surface area contributed by atoms with Crippen molar-refractivity contribution >= 4 is 23.2 Å². The fourth-order valence-corrected chi connectivity index (χ4v) is 4.54. The van der Waals surface area contributed by atoms with E-state index < -0.39 is 11.8 Å². The Kier molecular flexibility index (Phi) is 4.41. The molecular formula is C25H21F2N3O2. The van der Waals surface area contributed by atoms with Gasteiger partial charge < -0.3 is 9.80 Å².